The summed E-state index contributed by atoms with van der Waals surface area (Å²) in [5.74, 6) is 1.42. The van der Waals surface area contributed by atoms with Gasteiger partial charge in [-0.15, -0.1) is 0 Å². The van der Waals surface area contributed by atoms with Crippen LogP contribution in [0.5, 0.6) is 11.5 Å². The number of urea groups is 1. The number of carbonyl (C=O) groups excluding carboxylic acids is 3. The molecule has 3 heterocycles. The zero-order chi connectivity index (χ0) is 24.8. The Labute approximate surface area is 207 Å². The van der Waals surface area contributed by atoms with E-state index in [9.17, 15) is 14.4 Å². The van der Waals surface area contributed by atoms with Gasteiger partial charge in [-0.2, -0.15) is 0 Å². The Bertz CT molecular complexity index is 921. The molecular weight excluding hydrogens is 448 g/mol. The first-order chi connectivity index (χ1) is 17.0. The van der Waals surface area contributed by atoms with E-state index in [1.807, 2.05) is 12.1 Å². The quantitative estimate of drug-likeness (QED) is 0.493. The molecule has 0 aliphatic carbocycles. The van der Waals surface area contributed by atoms with Gasteiger partial charge < -0.3 is 25.0 Å². The van der Waals surface area contributed by atoms with Gasteiger partial charge in [0.05, 0.1) is 14.2 Å². The number of nitrogens with zero attached hydrogens (tertiary/aromatic N) is 2. The number of imide groups is 1. The van der Waals surface area contributed by atoms with Crippen LogP contribution in [0.15, 0.2) is 18.2 Å². The average molecular weight is 487 g/mol. The highest BCUT2D eigenvalue weighted by atomic mass is 16.5. The Balaban J connectivity index is 1.21. The molecule has 0 radical (unpaired) electrons. The highest BCUT2D eigenvalue weighted by molar-refractivity contribution is 6.04. The number of nitrogens with one attached hydrogen (secondary N) is 2. The Morgan fingerprint density at radius 2 is 1.89 bits per heavy atom. The minimum Gasteiger partial charge on any atom is -0.493 e. The second-order valence-corrected chi connectivity index (χ2v) is 9.78. The van der Waals surface area contributed by atoms with Gasteiger partial charge in [0.1, 0.15) is 6.04 Å². The fourth-order valence-electron chi connectivity index (χ4n) is 5.69. The molecule has 4 amide bonds. The van der Waals surface area contributed by atoms with E-state index in [1.165, 1.54) is 43.7 Å². The van der Waals surface area contributed by atoms with Crippen LogP contribution in [0.3, 0.4) is 0 Å². The minimum absolute atomic E-state index is 0.0521. The first-order valence-corrected chi connectivity index (χ1v) is 12.8. The van der Waals surface area contributed by atoms with Crippen molar-refractivity contribution in [1.82, 2.24) is 20.4 Å². The number of fused-ring (bicyclic) bond motifs is 1. The van der Waals surface area contributed by atoms with Crippen LogP contribution in [0.4, 0.5) is 4.79 Å². The molecule has 0 unspecified atom stereocenters. The van der Waals surface area contributed by atoms with E-state index in [0.717, 1.165) is 12.0 Å². The molecule has 0 bridgehead atoms. The molecule has 3 fully saturated rings. The summed E-state index contributed by atoms with van der Waals surface area (Å²) in [4.78, 5) is 41.5. The van der Waals surface area contributed by atoms with Crippen LogP contribution >= 0.6 is 0 Å². The smallest absolute Gasteiger partial charge is 0.324 e. The van der Waals surface area contributed by atoms with Crippen molar-refractivity contribution in [3.8, 4) is 11.5 Å². The van der Waals surface area contributed by atoms with Gasteiger partial charge in [-0.1, -0.05) is 12.5 Å². The summed E-state index contributed by atoms with van der Waals surface area (Å²) in [5.41, 5.74) is 0.935. The summed E-state index contributed by atoms with van der Waals surface area (Å²) >= 11 is 0. The monoisotopic (exact) mass is 486 g/mol. The first-order valence-electron chi connectivity index (χ1n) is 12.8. The van der Waals surface area contributed by atoms with Crippen LogP contribution in [0.2, 0.25) is 0 Å². The molecule has 1 aromatic rings. The molecule has 4 rings (SSSR count). The molecule has 192 valence electrons. The predicted octanol–water partition coefficient (Wildman–Crippen LogP) is 2.33. The van der Waals surface area contributed by atoms with E-state index in [-0.39, 0.29) is 24.8 Å². The van der Waals surface area contributed by atoms with Gasteiger partial charge in [-0.05, 0) is 75.2 Å². The van der Waals surface area contributed by atoms with E-state index in [1.54, 1.807) is 20.3 Å². The summed E-state index contributed by atoms with van der Waals surface area (Å²) in [7, 11) is 3.14. The number of amides is 4. The molecule has 9 nitrogen and oxygen atoms in total. The number of piperidine rings is 2. The third kappa shape index (κ3) is 6.07. The van der Waals surface area contributed by atoms with Crippen LogP contribution < -0.4 is 20.1 Å². The topological polar surface area (TPSA) is 100 Å². The highest BCUT2D eigenvalue weighted by Gasteiger charge is 2.38. The van der Waals surface area contributed by atoms with E-state index in [0.29, 0.717) is 42.8 Å². The standard InChI is InChI=1S/C26H38N4O5/c1-34-22-10-8-18(16-23(22)35-2)12-15-30-25(32)20(28-26(30)33)9-11-24(31)27-17-19-6-5-14-29-13-4-3-7-21(19)29/h8,10,16,19-21H,3-7,9,11-15,17H2,1-2H3,(H,27,31)(H,28,33)/t19-,20+,21+/m0/s1. The number of methoxy groups -OCH3 is 2. The molecular formula is C26H38N4O5. The maximum Gasteiger partial charge on any atom is 0.324 e. The summed E-state index contributed by atoms with van der Waals surface area (Å²) < 4.78 is 10.6. The molecule has 3 aliphatic heterocycles. The lowest BCUT2D eigenvalue weighted by Crippen LogP contribution is -2.51. The molecule has 0 spiro atoms. The number of hydrogen-bond acceptors (Lipinski definition) is 6. The Kier molecular flexibility index (Phi) is 8.49. The molecule has 3 saturated heterocycles. The van der Waals surface area contributed by atoms with Crippen molar-refractivity contribution in [2.75, 3.05) is 40.4 Å². The van der Waals surface area contributed by atoms with Gasteiger partial charge in [0.15, 0.2) is 11.5 Å². The molecule has 35 heavy (non-hydrogen) atoms. The van der Waals surface area contributed by atoms with Crippen molar-refractivity contribution in [3.05, 3.63) is 23.8 Å². The summed E-state index contributed by atoms with van der Waals surface area (Å²) in [6.45, 7) is 3.33. The third-order valence-electron chi connectivity index (χ3n) is 7.63. The van der Waals surface area contributed by atoms with Crippen molar-refractivity contribution in [1.29, 1.82) is 0 Å². The van der Waals surface area contributed by atoms with E-state index in [2.05, 4.69) is 15.5 Å². The van der Waals surface area contributed by atoms with E-state index >= 15 is 0 Å². The molecule has 0 saturated carbocycles. The van der Waals surface area contributed by atoms with Crippen molar-refractivity contribution >= 4 is 17.8 Å². The zero-order valence-electron chi connectivity index (χ0n) is 20.9. The number of carbonyl (C=O) groups is 3. The summed E-state index contributed by atoms with van der Waals surface area (Å²) in [5, 5.41) is 5.82. The second-order valence-electron chi connectivity index (χ2n) is 9.78. The third-order valence-corrected chi connectivity index (χ3v) is 7.63. The largest absolute Gasteiger partial charge is 0.493 e. The normalized spacial score (nSPS) is 24.6. The van der Waals surface area contributed by atoms with Crippen LogP contribution in [0.25, 0.3) is 0 Å². The average Bonchev–Trinajstić information content (AvgIpc) is 3.16. The second kappa shape index (κ2) is 11.7. The SMILES string of the molecule is COc1ccc(CCN2C(=O)N[C@H](CCC(=O)NC[C@@H]3CCCN4CCCC[C@H]34)C2=O)cc1OC. The van der Waals surface area contributed by atoms with Gasteiger partial charge in [0.2, 0.25) is 5.91 Å². The van der Waals surface area contributed by atoms with Gasteiger partial charge in [-0.3, -0.25) is 14.5 Å². The fraction of sp³-hybridized carbons (Fsp3) is 0.654. The molecule has 9 heteroatoms. The Morgan fingerprint density at radius 3 is 2.69 bits per heavy atom. The number of rotatable bonds is 10. The molecule has 2 N–H and O–H groups in total. The Morgan fingerprint density at radius 1 is 1.09 bits per heavy atom. The maximum atomic E-state index is 12.8. The molecule has 1 aromatic carbocycles. The van der Waals surface area contributed by atoms with Crippen LogP contribution in [0.1, 0.15) is 50.5 Å². The van der Waals surface area contributed by atoms with Crippen molar-refractivity contribution in [3.63, 3.8) is 0 Å². The number of hydrogen-bond donors (Lipinski definition) is 2. The summed E-state index contributed by atoms with van der Waals surface area (Å²) in [6, 6.07) is 5.08. The predicted molar refractivity (Wildman–Crippen MR) is 131 cm³/mol. The van der Waals surface area contributed by atoms with Crippen LogP contribution in [-0.2, 0) is 16.0 Å². The van der Waals surface area contributed by atoms with Gasteiger partial charge >= 0.3 is 6.03 Å². The maximum absolute atomic E-state index is 12.8. The van der Waals surface area contributed by atoms with Gasteiger partial charge in [0, 0.05) is 25.6 Å². The molecule has 3 atom stereocenters. The van der Waals surface area contributed by atoms with Gasteiger partial charge in [-0.25, -0.2) is 4.79 Å². The molecule has 0 aromatic heterocycles. The fourth-order valence-corrected chi connectivity index (χ4v) is 5.69. The highest BCUT2D eigenvalue weighted by Crippen LogP contribution is 2.30. The lowest BCUT2D eigenvalue weighted by atomic mass is 9.83. The molecule has 3 aliphatic rings. The minimum atomic E-state index is -0.651. The summed E-state index contributed by atoms with van der Waals surface area (Å²) in [6.07, 6.45) is 7.17. The van der Waals surface area contributed by atoms with Gasteiger partial charge in [0.25, 0.3) is 5.91 Å². The first kappa shape index (κ1) is 25.3. The lowest BCUT2D eigenvalue weighted by molar-refractivity contribution is -0.127. The van der Waals surface area contributed by atoms with Crippen molar-refractivity contribution in [2.24, 2.45) is 5.92 Å². The number of ether oxygens (including phenoxy) is 2. The van der Waals surface area contributed by atoms with Crippen LogP contribution in [0, 0.1) is 5.92 Å². The lowest BCUT2D eigenvalue weighted by Gasteiger charge is -2.44. The van der Waals surface area contributed by atoms with E-state index in [4.69, 9.17) is 9.47 Å². The Hall–Kier alpha value is -2.81. The number of benzene rings is 1. The van der Waals surface area contributed by atoms with Crippen molar-refractivity contribution < 1.29 is 23.9 Å². The van der Waals surface area contributed by atoms with Crippen LogP contribution in [-0.4, -0.2) is 80.1 Å². The zero-order valence-corrected chi connectivity index (χ0v) is 20.9. The van der Waals surface area contributed by atoms with Crippen molar-refractivity contribution in [2.45, 2.75) is 63.5 Å². The van der Waals surface area contributed by atoms with E-state index < -0.39 is 12.1 Å².